The molecular formula is C6H9N3O. The van der Waals surface area contributed by atoms with Crippen molar-refractivity contribution in [1.82, 2.24) is 0 Å². The third kappa shape index (κ3) is 1.74. The molecule has 0 heterocycles. The Labute approximate surface area is 58.9 Å². The van der Waals surface area contributed by atoms with Gasteiger partial charge in [-0.1, -0.05) is 5.11 Å². The molecule has 0 aromatic carbocycles. The summed E-state index contributed by atoms with van der Waals surface area (Å²) >= 11 is 0. The van der Waals surface area contributed by atoms with E-state index in [1.54, 1.807) is 0 Å². The van der Waals surface area contributed by atoms with Gasteiger partial charge in [0.15, 0.2) is 0 Å². The van der Waals surface area contributed by atoms with Gasteiger partial charge in [0, 0.05) is 23.8 Å². The van der Waals surface area contributed by atoms with Crippen LogP contribution < -0.4 is 0 Å². The highest BCUT2D eigenvalue weighted by atomic mass is 16.1. The largest absolute Gasteiger partial charge is 0.300 e. The molecule has 0 bridgehead atoms. The summed E-state index contributed by atoms with van der Waals surface area (Å²) in [4.78, 5) is 13.4. The summed E-state index contributed by atoms with van der Waals surface area (Å²) in [5, 5.41) is 3.49. The van der Waals surface area contributed by atoms with E-state index in [1.165, 1.54) is 0 Å². The second-order valence-corrected chi connectivity index (χ2v) is 2.49. The van der Waals surface area contributed by atoms with Crippen molar-refractivity contribution in [3.8, 4) is 0 Å². The van der Waals surface area contributed by atoms with Crippen LogP contribution in [0.1, 0.15) is 25.7 Å². The molecule has 0 amide bonds. The van der Waals surface area contributed by atoms with Gasteiger partial charge in [-0.2, -0.15) is 0 Å². The van der Waals surface area contributed by atoms with Gasteiger partial charge in [0.25, 0.3) is 0 Å². The van der Waals surface area contributed by atoms with E-state index in [9.17, 15) is 4.79 Å². The normalized spacial score (nSPS) is 25.6. The zero-order valence-electron chi connectivity index (χ0n) is 5.66. The minimum atomic E-state index is -0.0637. The molecule has 0 spiro atoms. The molecule has 1 rings (SSSR count). The second kappa shape index (κ2) is 3.22. The SMILES string of the molecule is [N-]=[N+]=NC1CCCC(=O)C1. The Morgan fingerprint density at radius 3 is 3.10 bits per heavy atom. The molecule has 1 atom stereocenters. The Morgan fingerprint density at radius 2 is 2.50 bits per heavy atom. The Bertz CT molecular complexity index is 183. The van der Waals surface area contributed by atoms with Crippen molar-refractivity contribution in [1.29, 1.82) is 0 Å². The van der Waals surface area contributed by atoms with Crippen LogP contribution in [0.25, 0.3) is 10.4 Å². The highest BCUT2D eigenvalue weighted by Crippen LogP contribution is 2.17. The number of ketones is 1. The van der Waals surface area contributed by atoms with Gasteiger partial charge in [0.2, 0.25) is 0 Å². The number of carbonyl (C=O) groups is 1. The summed E-state index contributed by atoms with van der Waals surface area (Å²) in [6, 6.07) is -0.0637. The van der Waals surface area contributed by atoms with Crippen LogP contribution in [0.3, 0.4) is 0 Å². The van der Waals surface area contributed by atoms with Crippen molar-refractivity contribution < 1.29 is 4.79 Å². The van der Waals surface area contributed by atoms with E-state index in [0.29, 0.717) is 12.8 Å². The smallest absolute Gasteiger partial charge is 0.133 e. The van der Waals surface area contributed by atoms with E-state index < -0.39 is 0 Å². The Kier molecular flexibility index (Phi) is 2.29. The van der Waals surface area contributed by atoms with Crippen molar-refractivity contribution in [3.05, 3.63) is 10.4 Å². The standard InChI is InChI=1S/C6H9N3O/c7-9-8-5-2-1-3-6(10)4-5/h5H,1-4H2. The van der Waals surface area contributed by atoms with Crippen LogP contribution in [0.4, 0.5) is 0 Å². The van der Waals surface area contributed by atoms with E-state index in [2.05, 4.69) is 10.0 Å². The average Bonchev–Trinajstić information content (AvgIpc) is 1.88. The zero-order valence-corrected chi connectivity index (χ0v) is 5.66. The predicted molar refractivity (Wildman–Crippen MR) is 36.4 cm³/mol. The molecule has 0 aliphatic heterocycles. The molecule has 0 radical (unpaired) electrons. The molecule has 1 saturated carbocycles. The molecule has 1 unspecified atom stereocenters. The van der Waals surface area contributed by atoms with Crippen LogP contribution in [-0.2, 0) is 4.79 Å². The zero-order chi connectivity index (χ0) is 7.40. The van der Waals surface area contributed by atoms with Gasteiger partial charge in [0.05, 0.1) is 0 Å². The summed E-state index contributed by atoms with van der Waals surface area (Å²) in [6.45, 7) is 0. The first-order chi connectivity index (χ1) is 4.83. The molecule has 4 heteroatoms. The fourth-order valence-corrected chi connectivity index (χ4v) is 1.17. The summed E-state index contributed by atoms with van der Waals surface area (Å²) in [5.41, 5.74) is 8.05. The van der Waals surface area contributed by atoms with Crippen LogP contribution in [0.15, 0.2) is 5.11 Å². The molecule has 0 aromatic heterocycles. The second-order valence-electron chi connectivity index (χ2n) is 2.49. The van der Waals surface area contributed by atoms with E-state index in [0.717, 1.165) is 12.8 Å². The van der Waals surface area contributed by atoms with Gasteiger partial charge in [0.1, 0.15) is 5.78 Å². The van der Waals surface area contributed by atoms with Crippen LogP contribution >= 0.6 is 0 Å². The first-order valence-corrected chi connectivity index (χ1v) is 3.39. The summed E-state index contributed by atoms with van der Waals surface area (Å²) < 4.78 is 0. The Balaban J connectivity index is 2.46. The quantitative estimate of drug-likeness (QED) is 0.310. The molecule has 0 N–H and O–H groups in total. The molecule has 0 aromatic rings. The monoisotopic (exact) mass is 139 g/mol. The number of Topliss-reactive ketones (excluding diaryl/α,β-unsaturated/α-hetero) is 1. The molecule has 0 saturated heterocycles. The number of nitrogens with zero attached hydrogens (tertiary/aromatic N) is 3. The van der Waals surface area contributed by atoms with Crippen LogP contribution in [0, 0.1) is 0 Å². The van der Waals surface area contributed by atoms with Gasteiger partial charge in [-0.05, 0) is 18.4 Å². The van der Waals surface area contributed by atoms with Gasteiger partial charge in [-0.3, -0.25) is 4.79 Å². The number of hydrogen-bond donors (Lipinski definition) is 0. The molecule has 1 aliphatic rings. The summed E-state index contributed by atoms with van der Waals surface area (Å²) in [6.07, 6.45) is 2.86. The van der Waals surface area contributed by atoms with Gasteiger partial charge in [-0.25, -0.2) is 0 Å². The lowest BCUT2D eigenvalue weighted by molar-refractivity contribution is -0.120. The minimum absolute atomic E-state index is 0.0637. The lowest BCUT2D eigenvalue weighted by Gasteiger charge is -2.14. The van der Waals surface area contributed by atoms with Crippen LogP contribution in [-0.4, -0.2) is 11.8 Å². The summed E-state index contributed by atoms with van der Waals surface area (Å²) in [5.74, 6) is 0.226. The number of carbonyl (C=O) groups excluding carboxylic acids is 1. The Hall–Kier alpha value is -1.02. The predicted octanol–water partition coefficient (Wildman–Crippen LogP) is 1.81. The molecule has 54 valence electrons. The first kappa shape index (κ1) is 7.09. The van der Waals surface area contributed by atoms with Crippen molar-refractivity contribution in [2.75, 3.05) is 0 Å². The molecule has 4 nitrogen and oxygen atoms in total. The van der Waals surface area contributed by atoms with E-state index in [1.807, 2.05) is 0 Å². The van der Waals surface area contributed by atoms with Crippen LogP contribution in [0.5, 0.6) is 0 Å². The molecule has 1 fully saturated rings. The van der Waals surface area contributed by atoms with Crippen LogP contribution in [0.2, 0.25) is 0 Å². The fourth-order valence-electron chi connectivity index (χ4n) is 1.17. The van der Waals surface area contributed by atoms with Crippen molar-refractivity contribution >= 4 is 5.78 Å². The molecule has 10 heavy (non-hydrogen) atoms. The van der Waals surface area contributed by atoms with Gasteiger partial charge in [-0.15, -0.1) is 0 Å². The maximum absolute atomic E-state index is 10.8. The maximum Gasteiger partial charge on any atom is 0.133 e. The van der Waals surface area contributed by atoms with Crippen molar-refractivity contribution in [2.24, 2.45) is 5.11 Å². The fraction of sp³-hybridized carbons (Fsp3) is 0.833. The van der Waals surface area contributed by atoms with Crippen molar-refractivity contribution in [3.63, 3.8) is 0 Å². The minimum Gasteiger partial charge on any atom is -0.300 e. The van der Waals surface area contributed by atoms with Gasteiger partial charge >= 0.3 is 0 Å². The third-order valence-electron chi connectivity index (χ3n) is 1.67. The lowest BCUT2D eigenvalue weighted by atomic mass is 9.95. The summed E-state index contributed by atoms with van der Waals surface area (Å²) in [7, 11) is 0. The maximum atomic E-state index is 10.8. The van der Waals surface area contributed by atoms with E-state index in [4.69, 9.17) is 5.53 Å². The number of azide groups is 1. The van der Waals surface area contributed by atoms with Crippen molar-refractivity contribution in [2.45, 2.75) is 31.7 Å². The number of rotatable bonds is 1. The third-order valence-corrected chi connectivity index (χ3v) is 1.67. The topological polar surface area (TPSA) is 65.8 Å². The van der Waals surface area contributed by atoms with Gasteiger partial charge < -0.3 is 0 Å². The average molecular weight is 139 g/mol. The first-order valence-electron chi connectivity index (χ1n) is 3.39. The Morgan fingerprint density at radius 1 is 1.70 bits per heavy atom. The number of hydrogen-bond acceptors (Lipinski definition) is 2. The lowest BCUT2D eigenvalue weighted by Crippen LogP contribution is -2.16. The van der Waals surface area contributed by atoms with E-state index >= 15 is 0 Å². The highest BCUT2D eigenvalue weighted by Gasteiger charge is 2.17. The molecular weight excluding hydrogens is 130 g/mol. The van der Waals surface area contributed by atoms with E-state index in [-0.39, 0.29) is 11.8 Å². The molecule has 1 aliphatic carbocycles. The highest BCUT2D eigenvalue weighted by molar-refractivity contribution is 5.79.